The Morgan fingerprint density at radius 3 is 2.13 bits per heavy atom. The molecule has 1 aromatic carbocycles. The van der Waals surface area contributed by atoms with Gasteiger partial charge in [-0.05, 0) is 24.3 Å². The van der Waals surface area contributed by atoms with Crippen molar-refractivity contribution in [3.63, 3.8) is 0 Å². The highest BCUT2D eigenvalue weighted by atomic mass is 79.9. The zero-order valence-electron chi connectivity index (χ0n) is 7.05. The standard InChI is InChI=1S/C8H4BrF3O3/c9-15-7(13)5-1-3-6(4-2-5)14-8(10,11)12/h1-4H. The first-order chi connectivity index (χ1) is 6.92. The van der Waals surface area contributed by atoms with E-state index in [9.17, 15) is 18.0 Å². The van der Waals surface area contributed by atoms with Crippen LogP contribution in [-0.2, 0) is 3.83 Å². The average Bonchev–Trinajstić information content (AvgIpc) is 2.15. The van der Waals surface area contributed by atoms with Crippen molar-refractivity contribution in [1.82, 2.24) is 0 Å². The van der Waals surface area contributed by atoms with Crippen LogP contribution in [0.2, 0.25) is 0 Å². The quantitative estimate of drug-likeness (QED) is 0.837. The van der Waals surface area contributed by atoms with E-state index in [0.717, 1.165) is 24.3 Å². The molecular weight excluding hydrogens is 281 g/mol. The number of benzene rings is 1. The molecule has 1 rings (SSSR count). The number of carbonyl (C=O) groups excluding carboxylic acids is 1. The van der Waals surface area contributed by atoms with Gasteiger partial charge in [-0.25, -0.2) is 4.79 Å². The fraction of sp³-hybridized carbons (Fsp3) is 0.125. The molecule has 15 heavy (non-hydrogen) atoms. The van der Waals surface area contributed by atoms with Gasteiger partial charge in [0.2, 0.25) is 0 Å². The summed E-state index contributed by atoms with van der Waals surface area (Å²) >= 11 is 2.46. The Hall–Kier alpha value is -1.24. The van der Waals surface area contributed by atoms with Gasteiger partial charge in [-0.3, -0.25) is 0 Å². The van der Waals surface area contributed by atoms with E-state index in [2.05, 4.69) is 24.8 Å². The Kier molecular flexibility index (Phi) is 3.57. The summed E-state index contributed by atoms with van der Waals surface area (Å²) in [6.07, 6.45) is -4.74. The highest BCUT2D eigenvalue weighted by Gasteiger charge is 2.31. The van der Waals surface area contributed by atoms with Crippen LogP contribution in [0.1, 0.15) is 10.4 Å². The Morgan fingerprint density at radius 2 is 1.73 bits per heavy atom. The molecule has 0 aliphatic heterocycles. The van der Waals surface area contributed by atoms with Crippen molar-refractivity contribution in [3.05, 3.63) is 29.8 Å². The lowest BCUT2D eigenvalue weighted by Crippen LogP contribution is -2.17. The van der Waals surface area contributed by atoms with Crippen molar-refractivity contribution in [2.75, 3.05) is 0 Å². The Labute approximate surface area is 91.2 Å². The van der Waals surface area contributed by atoms with Crippen LogP contribution >= 0.6 is 16.3 Å². The van der Waals surface area contributed by atoms with Gasteiger partial charge in [0.25, 0.3) is 0 Å². The molecule has 1 aromatic rings. The van der Waals surface area contributed by atoms with Crippen LogP contribution in [0.3, 0.4) is 0 Å². The van der Waals surface area contributed by atoms with Crippen molar-refractivity contribution in [2.24, 2.45) is 0 Å². The summed E-state index contributed by atoms with van der Waals surface area (Å²) in [7, 11) is 0. The van der Waals surface area contributed by atoms with E-state index in [1.807, 2.05) is 0 Å². The minimum absolute atomic E-state index is 0.112. The molecular formula is C8H4BrF3O3. The molecule has 0 amide bonds. The van der Waals surface area contributed by atoms with Gasteiger partial charge in [0.1, 0.15) is 5.75 Å². The van der Waals surface area contributed by atoms with Gasteiger partial charge in [0.05, 0.1) is 5.56 Å². The third-order valence-electron chi connectivity index (χ3n) is 1.39. The van der Waals surface area contributed by atoms with Gasteiger partial charge in [0, 0.05) is 0 Å². The van der Waals surface area contributed by atoms with E-state index in [4.69, 9.17) is 0 Å². The second-order valence-corrected chi connectivity index (χ2v) is 2.76. The molecule has 3 nitrogen and oxygen atoms in total. The highest BCUT2D eigenvalue weighted by Crippen LogP contribution is 2.22. The van der Waals surface area contributed by atoms with Crippen molar-refractivity contribution >= 4 is 22.2 Å². The number of carbonyl (C=O) groups is 1. The van der Waals surface area contributed by atoms with Gasteiger partial charge in [0.15, 0.2) is 16.3 Å². The van der Waals surface area contributed by atoms with Crippen LogP contribution in [0.5, 0.6) is 5.75 Å². The average molecular weight is 285 g/mol. The summed E-state index contributed by atoms with van der Waals surface area (Å²) in [4.78, 5) is 10.9. The molecule has 0 bridgehead atoms. The summed E-state index contributed by atoms with van der Waals surface area (Å²) in [5, 5.41) is 0. The first-order valence-electron chi connectivity index (χ1n) is 3.61. The Morgan fingerprint density at radius 1 is 1.20 bits per heavy atom. The smallest absolute Gasteiger partial charge is 0.406 e. The van der Waals surface area contributed by atoms with E-state index in [1.54, 1.807) is 0 Å². The SMILES string of the molecule is O=C(OBr)c1ccc(OC(F)(F)F)cc1. The zero-order chi connectivity index (χ0) is 11.5. The molecule has 0 spiro atoms. The Bertz CT molecular complexity index is 347. The van der Waals surface area contributed by atoms with Gasteiger partial charge in [-0.1, -0.05) is 0 Å². The third kappa shape index (κ3) is 3.78. The van der Waals surface area contributed by atoms with E-state index in [1.165, 1.54) is 0 Å². The topological polar surface area (TPSA) is 35.5 Å². The second-order valence-electron chi connectivity index (χ2n) is 2.44. The number of hydrogen-bond acceptors (Lipinski definition) is 3. The fourth-order valence-corrected chi connectivity index (χ4v) is 1.02. The second kappa shape index (κ2) is 4.52. The van der Waals surface area contributed by atoms with E-state index < -0.39 is 18.1 Å². The largest absolute Gasteiger partial charge is 0.573 e. The monoisotopic (exact) mass is 284 g/mol. The summed E-state index contributed by atoms with van der Waals surface area (Å²) < 4.78 is 43.0. The van der Waals surface area contributed by atoms with Gasteiger partial charge in [-0.2, -0.15) is 0 Å². The number of rotatable bonds is 2. The lowest BCUT2D eigenvalue weighted by molar-refractivity contribution is -0.274. The molecule has 0 fully saturated rings. The van der Waals surface area contributed by atoms with E-state index in [-0.39, 0.29) is 5.56 Å². The van der Waals surface area contributed by atoms with Crippen LogP contribution in [0, 0.1) is 0 Å². The predicted molar refractivity (Wildman–Crippen MR) is 47.5 cm³/mol. The number of alkyl halides is 3. The zero-order valence-corrected chi connectivity index (χ0v) is 8.63. The first-order valence-corrected chi connectivity index (χ1v) is 4.26. The molecule has 0 aliphatic carbocycles. The fourth-order valence-electron chi connectivity index (χ4n) is 0.837. The van der Waals surface area contributed by atoms with Crippen LogP contribution in [0.25, 0.3) is 0 Å². The molecule has 0 heterocycles. The molecule has 0 unspecified atom stereocenters. The molecule has 0 saturated heterocycles. The third-order valence-corrected chi connectivity index (χ3v) is 1.69. The van der Waals surface area contributed by atoms with Crippen molar-refractivity contribution < 1.29 is 26.5 Å². The maximum atomic E-state index is 11.7. The summed E-state index contributed by atoms with van der Waals surface area (Å²) in [5.74, 6) is -1.10. The first kappa shape index (κ1) is 11.8. The number of hydrogen-bond donors (Lipinski definition) is 0. The van der Waals surface area contributed by atoms with Crippen LogP contribution < -0.4 is 4.74 Å². The van der Waals surface area contributed by atoms with Crippen molar-refractivity contribution in [3.8, 4) is 5.75 Å². The van der Waals surface area contributed by atoms with Gasteiger partial charge >= 0.3 is 12.3 Å². The lowest BCUT2D eigenvalue weighted by atomic mass is 10.2. The van der Waals surface area contributed by atoms with E-state index in [0.29, 0.717) is 0 Å². The maximum Gasteiger partial charge on any atom is 0.573 e. The van der Waals surface area contributed by atoms with Gasteiger partial charge < -0.3 is 8.57 Å². The predicted octanol–water partition coefficient (Wildman–Crippen LogP) is 3.05. The molecule has 82 valence electrons. The van der Waals surface area contributed by atoms with Crippen molar-refractivity contribution in [1.29, 1.82) is 0 Å². The molecule has 0 saturated carbocycles. The molecule has 0 atom stereocenters. The lowest BCUT2D eigenvalue weighted by Gasteiger charge is -2.08. The minimum atomic E-state index is -4.74. The van der Waals surface area contributed by atoms with Gasteiger partial charge in [-0.15, -0.1) is 13.2 Å². The number of ether oxygens (including phenoxy) is 1. The molecule has 0 aliphatic rings. The summed E-state index contributed by atoms with van der Waals surface area (Å²) in [6.45, 7) is 0. The van der Waals surface area contributed by atoms with Crippen molar-refractivity contribution in [2.45, 2.75) is 6.36 Å². The maximum absolute atomic E-state index is 11.7. The minimum Gasteiger partial charge on any atom is -0.406 e. The molecule has 0 N–H and O–H groups in total. The molecule has 0 aromatic heterocycles. The Balaban J connectivity index is 2.77. The summed E-state index contributed by atoms with van der Waals surface area (Å²) in [6, 6.07) is 4.36. The van der Waals surface area contributed by atoms with Crippen LogP contribution in [0.4, 0.5) is 13.2 Å². The summed E-state index contributed by atoms with van der Waals surface area (Å²) in [5.41, 5.74) is 0.112. The number of halogens is 4. The molecule has 0 radical (unpaired) electrons. The molecule has 7 heteroatoms. The van der Waals surface area contributed by atoms with E-state index >= 15 is 0 Å². The normalized spacial score (nSPS) is 10.9. The van der Waals surface area contributed by atoms with Crippen LogP contribution in [0.15, 0.2) is 24.3 Å². The van der Waals surface area contributed by atoms with Crippen LogP contribution in [-0.4, -0.2) is 12.3 Å². The highest BCUT2D eigenvalue weighted by molar-refractivity contribution is 9.06.